The summed E-state index contributed by atoms with van der Waals surface area (Å²) >= 11 is 5.97. The summed E-state index contributed by atoms with van der Waals surface area (Å²) in [5.41, 5.74) is 0.817. The van der Waals surface area contributed by atoms with Crippen LogP contribution in [0.3, 0.4) is 0 Å². The molecule has 118 valence electrons. The number of hydrogen-bond donors (Lipinski definition) is 1. The second-order valence-electron chi connectivity index (χ2n) is 7.10. The van der Waals surface area contributed by atoms with Crippen molar-refractivity contribution in [2.24, 2.45) is 35.5 Å². The van der Waals surface area contributed by atoms with Crippen LogP contribution in [-0.4, -0.2) is 23.4 Å². The molecule has 6 rings (SSSR count). The van der Waals surface area contributed by atoms with E-state index in [4.69, 9.17) is 11.6 Å². The maximum Gasteiger partial charge on any atom is 0.235 e. The molecule has 0 radical (unpaired) electrons. The molecule has 2 amide bonds. The van der Waals surface area contributed by atoms with Crippen molar-refractivity contribution in [1.29, 1.82) is 0 Å². The van der Waals surface area contributed by atoms with E-state index in [0.29, 0.717) is 16.9 Å². The molecule has 4 nitrogen and oxygen atoms in total. The molecule has 4 aliphatic carbocycles. The number of anilines is 1. The number of benzene rings is 1. The van der Waals surface area contributed by atoms with Crippen molar-refractivity contribution in [3.63, 3.8) is 0 Å². The van der Waals surface area contributed by atoms with Gasteiger partial charge in [-0.25, -0.2) is 0 Å². The fraction of sp³-hybridized carbons (Fsp3) is 0.444. The van der Waals surface area contributed by atoms with Gasteiger partial charge in [-0.2, -0.15) is 0 Å². The molecule has 0 aromatic heterocycles. The Labute approximate surface area is 139 Å². The highest BCUT2D eigenvalue weighted by Gasteiger charge is 2.66. The smallest absolute Gasteiger partial charge is 0.235 e. The van der Waals surface area contributed by atoms with Crippen LogP contribution in [0.4, 0.5) is 5.69 Å². The van der Waals surface area contributed by atoms with Crippen LogP contribution in [-0.2, 0) is 9.59 Å². The van der Waals surface area contributed by atoms with Crippen molar-refractivity contribution in [2.75, 3.05) is 12.0 Å². The molecule has 5 aliphatic rings. The first-order valence-electron chi connectivity index (χ1n) is 8.18. The number of rotatable bonds is 3. The van der Waals surface area contributed by atoms with E-state index in [0.717, 1.165) is 5.69 Å². The van der Waals surface area contributed by atoms with Crippen LogP contribution in [0.5, 0.6) is 0 Å². The highest BCUT2D eigenvalue weighted by atomic mass is 35.5. The van der Waals surface area contributed by atoms with Gasteiger partial charge < -0.3 is 5.32 Å². The van der Waals surface area contributed by atoms with Gasteiger partial charge in [0.1, 0.15) is 0 Å². The van der Waals surface area contributed by atoms with E-state index in [9.17, 15) is 9.59 Å². The van der Waals surface area contributed by atoms with Crippen LogP contribution in [0, 0.1) is 35.5 Å². The summed E-state index contributed by atoms with van der Waals surface area (Å²) in [5, 5.41) is 3.78. The van der Waals surface area contributed by atoms with E-state index in [-0.39, 0.29) is 42.2 Å². The van der Waals surface area contributed by atoms with Crippen molar-refractivity contribution in [2.45, 2.75) is 6.42 Å². The molecule has 1 aromatic carbocycles. The Balaban J connectivity index is 1.37. The predicted molar refractivity (Wildman–Crippen MR) is 86.5 cm³/mol. The molecule has 1 aliphatic heterocycles. The lowest BCUT2D eigenvalue weighted by atomic mass is 9.63. The monoisotopic (exact) mass is 328 g/mol. The first-order valence-corrected chi connectivity index (χ1v) is 8.56. The Morgan fingerprint density at radius 2 is 1.74 bits per heavy atom. The number of carbonyl (C=O) groups is 2. The molecule has 23 heavy (non-hydrogen) atoms. The Kier molecular flexibility index (Phi) is 2.72. The third kappa shape index (κ3) is 1.84. The van der Waals surface area contributed by atoms with Gasteiger partial charge in [-0.1, -0.05) is 29.8 Å². The second-order valence-corrected chi connectivity index (χ2v) is 7.54. The van der Waals surface area contributed by atoms with Gasteiger partial charge in [-0.15, -0.1) is 0 Å². The zero-order valence-corrected chi connectivity index (χ0v) is 13.2. The van der Waals surface area contributed by atoms with E-state index in [1.54, 1.807) is 12.1 Å². The molecule has 1 saturated heterocycles. The van der Waals surface area contributed by atoms with Crippen LogP contribution in [0.15, 0.2) is 36.4 Å². The summed E-state index contributed by atoms with van der Waals surface area (Å²) in [7, 11) is 0. The Hall–Kier alpha value is -1.81. The summed E-state index contributed by atoms with van der Waals surface area (Å²) < 4.78 is 0. The number of imide groups is 1. The van der Waals surface area contributed by atoms with E-state index in [2.05, 4.69) is 17.5 Å². The lowest BCUT2D eigenvalue weighted by Crippen LogP contribution is -2.40. The molecule has 0 unspecified atom stereocenters. The third-order valence-electron chi connectivity index (χ3n) is 6.02. The second kappa shape index (κ2) is 4.60. The molecule has 2 bridgehead atoms. The van der Waals surface area contributed by atoms with Gasteiger partial charge in [-0.05, 0) is 48.3 Å². The summed E-state index contributed by atoms with van der Waals surface area (Å²) in [5.74, 6) is 1.60. The van der Waals surface area contributed by atoms with Crippen LogP contribution in [0.2, 0.25) is 5.02 Å². The van der Waals surface area contributed by atoms with Crippen molar-refractivity contribution < 1.29 is 9.59 Å². The summed E-state index contributed by atoms with van der Waals surface area (Å²) in [6.45, 7) is 0.222. The molecular weight excluding hydrogens is 312 g/mol. The molecule has 6 atom stereocenters. The van der Waals surface area contributed by atoms with Crippen molar-refractivity contribution in [3.05, 3.63) is 41.4 Å². The van der Waals surface area contributed by atoms with Crippen LogP contribution < -0.4 is 5.32 Å². The largest absolute Gasteiger partial charge is 0.367 e. The minimum absolute atomic E-state index is 0.000715. The number of nitrogens with zero attached hydrogens (tertiary/aromatic N) is 1. The fourth-order valence-electron chi connectivity index (χ4n) is 4.94. The number of nitrogens with one attached hydrogen (secondary N) is 1. The van der Waals surface area contributed by atoms with Gasteiger partial charge in [0.2, 0.25) is 11.8 Å². The lowest BCUT2D eigenvalue weighted by molar-refractivity contribution is -0.139. The van der Waals surface area contributed by atoms with E-state index >= 15 is 0 Å². The fourth-order valence-corrected chi connectivity index (χ4v) is 5.13. The molecular formula is C18H17ClN2O2. The van der Waals surface area contributed by atoms with E-state index in [1.807, 2.05) is 12.1 Å². The normalized spacial score (nSPS) is 39.4. The van der Waals surface area contributed by atoms with Gasteiger partial charge in [0, 0.05) is 10.7 Å². The summed E-state index contributed by atoms with van der Waals surface area (Å²) in [6.07, 6.45) is 5.58. The first-order chi connectivity index (χ1) is 11.1. The van der Waals surface area contributed by atoms with Crippen molar-refractivity contribution >= 4 is 29.1 Å². The minimum Gasteiger partial charge on any atom is -0.367 e. The summed E-state index contributed by atoms with van der Waals surface area (Å²) in [6, 6.07) is 7.31. The molecule has 1 N–H and O–H groups in total. The van der Waals surface area contributed by atoms with Crippen LogP contribution in [0.25, 0.3) is 0 Å². The number of halogens is 1. The highest BCUT2D eigenvalue weighted by Crippen LogP contribution is 2.65. The van der Waals surface area contributed by atoms with Gasteiger partial charge >= 0.3 is 0 Å². The zero-order chi connectivity index (χ0) is 15.7. The SMILES string of the molecule is O=C1[C@H]2[C@@H]3C=C[C@@H]([C@H]4C[C@H]34)[C@@H]2C(=O)N1CNc1cccc(Cl)c1. The van der Waals surface area contributed by atoms with Gasteiger partial charge in [-0.3, -0.25) is 14.5 Å². The number of hydrogen-bond acceptors (Lipinski definition) is 3. The molecule has 1 aromatic rings. The van der Waals surface area contributed by atoms with Gasteiger partial charge in [0.25, 0.3) is 0 Å². The predicted octanol–water partition coefficient (Wildman–Crippen LogP) is 2.76. The summed E-state index contributed by atoms with van der Waals surface area (Å²) in [4.78, 5) is 27.0. The zero-order valence-electron chi connectivity index (χ0n) is 12.5. The lowest BCUT2D eigenvalue weighted by Gasteiger charge is -2.37. The molecule has 2 saturated carbocycles. The van der Waals surface area contributed by atoms with Crippen LogP contribution in [0.1, 0.15) is 6.42 Å². The van der Waals surface area contributed by atoms with Gasteiger partial charge in [0.15, 0.2) is 0 Å². The third-order valence-corrected chi connectivity index (χ3v) is 6.26. The topological polar surface area (TPSA) is 49.4 Å². The maximum atomic E-state index is 12.8. The first kappa shape index (κ1) is 13.6. The van der Waals surface area contributed by atoms with E-state index in [1.165, 1.54) is 11.3 Å². The van der Waals surface area contributed by atoms with Crippen LogP contribution >= 0.6 is 11.6 Å². The Morgan fingerprint density at radius 3 is 2.35 bits per heavy atom. The van der Waals surface area contributed by atoms with Crippen molar-refractivity contribution in [1.82, 2.24) is 4.90 Å². The molecule has 5 heteroatoms. The highest BCUT2D eigenvalue weighted by molar-refractivity contribution is 6.30. The quantitative estimate of drug-likeness (QED) is 0.685. The van der Waals surface area contributed by atoms with E-state index < -0.39 is 0 Å². The average Bonchev–Trinajstić information content (AvgIpc) is 3.32. The molecule has 3 fully saturated rings. The Morgan fingerprint density at radius 1 is 1.09 bits per heavy atom. The number of likely N-dealkylation sites (tertiary alicyclic amines) is 1. The maximum absolute atomic E-state index is 12.8. The molecule has 0 spiro atoms. The standard InChI is InChI=1S/C18H17ClN2O2/c19-9-2-1-3-10(6-9)20-8-21-17(22)15-11-4-5-12(14-7-13(11)14)16(15)18(21)23/h1-6,11-16,20H,7-8H2/t11-,12+,13-,14-,15+,16+/m1/s1. The Bertz CT molecular complexity index is 710. The minimum atomic E-state index is -0.123. The average molecular weight is 329 g/mol. The molecule has 1 heterocycles. The number of carbonyl (C=O) groups excluding carboxylic acids is 2. The van der Waals surface area contributed by atoms with Gasteiger partial charge in [0.05, 0.1) is 18.5 Å². The number of amides is 2. The number of allylic oxidation sites excluding steroid dienone is 2. The van der Waals surface area contributed by atoms with Crippen molar-refractivity contribution in [3.8, 4) is 0 Å².